The van der Waals surface area contributed by atoms with Crippen molar-refractivity contribution in [1.29, 1.82) is 0 Å². The second-order valence-corrected chi connectivity index (χ2v) is 6.52. The zero-order valence-corrected chi connectivity index (χ0v) is 15.4. The van der Waals surface area contributed by atoms with E-state index in [2.05, 4.69) is 24.1 Å². The summed E-state index contributed by atoms with van der Waals surface area (Å²) in [6.45, 7) is 9.43. The molecule has 0 aliphatic heterocycles. The lowest BCUT2D eigenvalue weighted by Crippen LogP contribution is -2.33. The van der Waals surface area contributed by atoms with Gasteiger partial charge in [-0.05, 0) is 38.4 Å². The number of nitrogens with zero attached hydrogens (tertiary/aromatic N) is 2. The number of ether oxygens (including phenoxy) is 1. The molecule has 1 aromatic heterocycles. The third-order valence-electron chi connectivity index (χ3n) is 3.96. The Morgan fingerprint density at radius 3 is 2.68 bits per heavy atom. The molecule has 0 radical (unpaired) electrons. The molecule has 0 aliphatic rings. The number of nitrogens with one attached hydrogen (secondary N) is 1. The maximum Gasteiger partial charge on any atom is 0.307 e. The minimum Gasteiger partial charge on any atom is -0.466 e. The highest BCUT2D eigenvalue weighted by Gasteiger charge is 2.17. The molecule has 1 unspecified atom stereocenters. The Bertz CT molecular complexity index is 783. The molecule has 0 amide bonds. The number of carbonyl (C=O) groups is 1. The van der Waals surface area contributed by atoms with Crippen LogP contribution in [0.1, 0.15) is 46.0 Å². The van der Waals surface area contributed by atoms with E-state index in [0.29, 0.717) is 29.3 Å². The summed E-state index contributed by atoms with van der Waals surface area (Å²) < 4.78 is 6.57. The van der Waals surface area contributed by atoms with Gasteiger partial charge in [0.25, 0.3) is 5.56 Å². The first-order valence-electron chi connectivity index (χ1n) is 8.82. The number of hydrogen-bond donors (Lipinski definition) is 1. The van der Waals surface area contributed by atoms with Gasteiger partial charge in [0.15, 0.2) is 0 Å². The van der Waals surface area contributed by atoms with Gasteiger partial charge in [0.05, 0.1) is 30.0 Å². The van der Waals surface area contributed by atoms with E-state index in [4.69, 9.17) is 4.74 Å². The zero-order chi connectivity index (χ0) is 18.4. The lowest BCUT2D eigenvalue weighted by atomic mass is 10.2. The van der Waals surface area contributed by atoms with Crippen molar-refractivity contribution in [2.45, 2.75) is 46.7 Å². The van der Waals surface area contributed by atoms with Crippen LogP contribution < -0.4 is 10.9 Å². The summed E-state index contributed by atoms with van der Waals surface area (Å²) in [6.07, 6.45) is 0.150. The molecule has 0 aliphatic carbocycles. The smallest absolute Gasteiger partial charge is 0.307 e. The molecule has 0 saturated carbocycles. The Morgan fingerprint density at radius 2 is 2.00 bits per heavy atom. The number of carbonyl (C=O) groups excluding carboxylic acids is 1. The number of benzene rings is 1. The van der Waals surface area contributed by atoms with Crippen LogP contribution in [0.3, 0.4) is 0 Å². The molecule has 1 aromatic carbocycles. The predicted molar refractivity (Wildman–Crippen MR) is 98.5 cm³/mol. The van der Waals surface area contributed by atoms with Crippen LogP contribution in [-0.2, 0) is 16.1 Å². The highest BCUT2D eigenvalue weighted by Crippen LogP contribution is 2.14. The fourth-order valence-corrected chi connectivity index (χ4v) is 2.67. The molecule has 0 saturated heterocycles. The van der Waals surface area contributed by atoms with Gasteiger partial charge in [0, 0.05) is 6.54 Å². The van der Waals surface area contributed by atoms with Crippen molar-refractivity contribution in [2.24, 2.45) is 5.92 Å². The SMILES string of the molecule is CCOC(=O)CCn1c(C(C)NCC(C)C)nc2ccccc2c1=O. The molecule has 6 nitrogen and oxygen atoms in total. The van der Waals surface area contributed by atoms with Crippen LogP contribution in [0.2, 0.25) is 0 Å². The average molecular weight is 345 g/mol. The summed E-state index contributed by atoms with van der Waals surface area (Å²) in [5, 5.41) is 3.97. The standard InChI is InChI=1S/C19H27N3O3/c1-5-25-17(23)10-11-22-18(14(4)20-12-13(2)3)21-16-9-7-6-8-15(16)19(22)24/h6-9,13-14,20H,5,10-12H2,1-4H3. The maximum absolute atomic E-state index is 12.9. The molecule has 1 heterocycles. The van der Waals surface area contributed by atoms with E-state index < -0.39 is 0 Å². The van der Waals surface area contributed by atoms with Crippen molar-refractivity contribution in [3.8, 4) is 0 Å². The normalized spacial score (nSPS) is 12.5. The number of esters is 1. The molecular weight excluding hydrogens is 318 g/mol. The van der Waals surface area contributed by atoms with Gasteiger partial charge in [0.1, 0.15) is 5.82 Å². The van der Waals surface area contributed by atoms with Gasteiger partial charge in [-0.25, -0.2) is 4.98 Å². The van der Waals surface area contributed by atoms with Gasteiger partial charge in [-0.2, -0.15) is 0 Å². The Morgan fingerprint density at radius 1 is 1.28 bits per heavy atom. The van der Waals surface area contributed by atoms with Crippen molar-refractivity contribution in [2.75, 3.05) is 13.2 Å². The zero-order valence-electron chi connectivity index (χ0n) is 15.4. The Labute approximate surface area is 148 Å². The lowest BCUT2D eigenvalue weighted by Gasteiger charge is -2.20. The van der Waals surface area contributed by atoms with Crippen molar-refractivity contribution < 1.29 is 9.53 Å². The lowest BCUT2D eigenvalue weighted by molar-refractivity contribution is -0.143. The topological polar surface area (TPSA) is 73.2 Å². The van der Waals surface area contributed by atoms with Crippen molar-refractivity contribution in [1.82, 2.24) is 14.9 Å². The van der Waals surface area contributed by atoms with Crippen molar-refractivity contribution >= 4 is 16.9 Å². The van der Waals surface area contributed by atoms with Crippen LogP contribution in [0.4, 0.5) is 0 Å². The summed E-state index contributed by atoms with van der Waals surface area (Å²) >= 11 is 0. The van der Waals surface area contributed by atoms with Gasteiger partial charge in [0.2, 0.25) is 0 Å². The molecule has 0 bridgehead atoms. The molecular formula is C19H27N3O3. The fraction of sp³-hybridized carbons (Fsp3) is 0.526. The molecule has 2 rings (SSSR count). The molecule has 1 N–H and O–H groups in total. The maximum atomic E-state index is 12.9. The second-order valence-electron chi connectivity index (χ2n) is 6.52. The quantitative estimate of drug-likeness (QED) is 0.745. The predicted octanol–water partition coefficient (Wildman–Crippen LogP) is 2.66. The minimum atomic E-state index is -0.309. The van der Waals surface area contributed by atoms with Gasteiger partial charge >= 0.3 is 5.97 Å². The van der Waals surface area contributed by atoms with E-state index >= 15 is 0 Å². The van der Waals surface area contributed by atoms with Crippen molar-refractivity contribution in [3.05, 3.63) is 40.4 Å². The molecule has 0 fully saturated rings. The first-order chi connectivity index (χ1) is 11.9. The first-order valence-corrected chi connectivity index (χ1v) is 8.82. The van der Waals surface area contributed by atoms with Crippen LogP contribution in [0.5, 0.6) is 0 Å². The van der Waals surface area contributed by atoms with Gasteiger partial charge in [-0.3, -0.25) is 14.2 Å². The molecule has 6 heteroatoms. The molecule has 136 valence electrons. The van der Waals surface area contributed by atoms with Gasteiger partial charge in [-0.15, -0.1) is 0 Å². The molecule has 25 heavy (non-hydrogen) atoms. The van der Waals surface area contributed by atoms with Crippen LogP contribution in [0, 0.1) is 5.92 Å². The molecule has 2 aromatic rings. The monoisotopic (exact) mass is 345 g/mol. The summed E-state index contributed by atoms with van der Waals surface area (Å²) in [4.78, 5) is 29.3. The fourth-order valence-electron chi connectivity index (χ4n) is 2.67. The largest absolute Gasteiger partial charge is 0.466 e. The van der Waals surface area contributed by atoms with Gasteiger partial charge in [-0.1, -0.05) is 26.0 Å². The van der Waals surface area contributed by atoms with Crippen LogP contribution >= 0.6 is 0 Å². The number of hydrogen-bond acceptors (Lipinski definition) is 5. The van der Waals surface area contributed by atoms with E-state index in [9.17, 15) is 9.59 Å². The summed E-state index contributed by atoms with van der Waals surface area (Å²) in [7, 11) is 0. The summed E-state index contributed by atoms with van der Waals surface area (Å²) in [5.41, 5.74) is 0.552. The second kappa shape index (κ2) is 8.76. The Balaban J connectivity index is 2.40. The first kappa shape index (κ1) is 19.1. The third-order valence-corrected chi connectivity index (χ3v) is 3.96. The molecule has 1 atom stereocenters. The van der Waals surface area contributed by atoms with E-state index in [0.717, 1.165) is 6.54 Å². The Hall–Kier alpha value is -2.21. The van der Waals surface area contributed by atoms with Crippen LogP contribution in [-0.4, -0.2) is 28.7 Å². The number of para-hydroxylation sites is 1. The highest BCUT2D eigenvalue weighted by atomic mass is 16.5. The van der Waals surface area contributed by atoms with E-state index in [1.807, 2.05) is 25.1 Å². The van der Waals surface area contributed by atoms with Crippen LogP contribution in [0.25, 0.3) is 10.9 Å². The summed E-state index contributed by atoms with van der Waals surface area (Å²) in [6, 6.07) is 7.20. The summed E-state index contributed by atoms with van der Waals surface area (Å²) in [5.74, 6) is 0.826. The van der Waals surface area contributed by atoms with E-state index in [1.165, 1.54) is 0 Å². The highest BCUT2D eigenvalue weighted by molar-refractivity contribution is 5.77. The van der Waals surface area contributed by atoms with E-state index in [1.54, 1.807) is 17.6 Å². The van der Waals surface area contributed by atoms with Crippen LogP contribution in [0.15, 0.2) is 29.1 Å². The number of aromatic nitrogens is 2. The minimum absolute atomic E-state index is 0.0955. The molecule has 0 spiro atoms. The number of fused-ring (bicyclic) bond motifs is 1. The average Bonchev–Trinajstić information content (AvgIpc) is 2.59. The van der Waals surface area contributed by atoms with E-state index in [-0.39, 0.29) is 30.5 Å². The third kappa shape index (κ3) is 4.89. The van der Waals surface area contributed by atoms with Crippen molar-refractivity contribution in [3.63, 3.8) is 0 Å². The Kier molecular flexibility index (Phi) is 6.70. The van der Waals surface area contributed by atoms with Gasteiger partial charge < -0.3 is 10.1 Å². The number of rotatable bonds is 8.